The average Bonchev–Trinajstić information content (AvgIpc) is 3.04. The van der Waals surface area contributed by atoms with Gasteiger partial charge in [-0.1, -0.05) is 11.3 Å². The summed E-state index contributed by atoms with van der Waals surface area (Å²) < 4.78 is 1.90. The lowest BCUT2D eigenvalue weighted by Gasteiger charge is -2.48. The van der Waals surface area contributed by atoms with Crippen LogP contribution in [0, 0.1) is 5.92 Å². The SMILES string of the molecule is OC[C@H]1C[C@@H]2CCN1C[C@@H]2c1cn(Cc2cccnc2)nn1. The third-order valence-corrected chi connectivity index (χ3v) is 5.09. The summed E-state index contributed by atoms with van der Waals surface area (Å²) in [6.45, 7) is 3.09. The predicted octanol–water partition coefficient (Wildman–Crippen LogP) is 0.891. The van der Waals surface area contributed by atoms with Gasteiger partial charge in [-0.05, 0) is 36.9 Å². The number of fused-ring (bicyclic) bond motifs is 3. The van der Waals surface area contributed by atoms with Gasteiger partial charge < -0.3 is 5.11 Å². The normalized spacial score (nSPS) is 30.6. The van der Waals surface area contributed by atoms with Crippen LogP contribution in [-0.4, -0.2) is 55.7 Å². The Labute approximate surface area is 129 Å². The van der Waals surface area contributed by atoms with Crippen molar-refractivity contribution in [2.24, 2.45) is 5.92 Å². The van der Waals surface area contributed by atoms with E-state index in [0.29, 0.717) is 24.4 Å². The Morgan fingerprint density at radius 2 is 2.32 bits per heavy atom. The molecule has 0 radical (unpaired) electrons. The zero-order chi connectivity index (χ0) is 14.9. The first kappa shape index (κ1) is 13.8. The first-order valence-corrected chi connectivity index (χ1v) is 7.97. The number of piperidine rings is 3. The fourth-order valence-corrected chi connectivity index (χ4v) is 3.90. The summed E-state index contributed by atoms with van der Waals surface area (Å²) in [4.78, 5) is 6.54. The topological polar surface area (TPSA) is 67.1 Å². The van der Waals surface area contributed by atoms with Gasteiger partial charge in [0.2, 0.25) is 0 Å². The Bertz CT molecular complexity index is 628. The number of aromatic nitrogens is 4. The molecule has 0 spiro atoms. The van der Waals surface area contributed by atoms with Crippen LogP contribution in [0.3, 0.4) is 0 Å². The minimum Gasteiger partial charge on any atom is -0.395 e. The molecule has 0 aromatic carbocycles. The molecule has 4 atom stereocenters. The number of hydrogen-bond donors (Lipinski definition) is 1. The molecule has 2 aromatic heterocycles. The Hall–Kier alpha value is -1.79. The van der Waals surface area contributed by atoms with E-state index in [1.54, 1.807) is 6.20 Å². The van der Waals surface area contributed by atoms with E-state index in [4.69, 9.17) is 0 Å². The molecule has 2 aromatic rings. The van der Waals surface area contributed by atoms with Gasteiger partial charge in [-0.2, -0.15) is 0 Å². The van der Waals surface area contributed by atoms with Crippen molar-refractivity contribution in [2.75, 3.05) is 19.7 Å². The van der Waals surface area contributed by atoms with E-state index in [9.17, 15) is 5.11 Å². The van der Waals surface area contributed by atoms with Crippen LogP contribution in [0.15, 0.2) is 30.7 Å². The molecule has 3 aliphatic rings. The first-order chi connectivity index (χ1) is 10.8. The summed E-state index contributed by atoms with van der Waals surface area (Å²) in [6, 6.07) is 4.34. The Balaban J connectivity index is 1.48. The van der Waals surface area contributed by atoms with Crippen molar-refractivity contribution in [1.82, 2.24) is 24.9 Å². The third kappa shape index (κ3) is 2.53. The minimum atomic E-state index is 0.275. The van der Waals surface area contributed by atoms with Gasteiger partial charge in [0.1, 0.15) is 0 Å². The van der Waals surface area contributed by atoms with Crippen LogP contribution < -0.4 is 0 Å². The molecule has 1 N–H and O–H groups in total. The minimum absolute atomic E-state index is 0.275. The highest BCUT2D eigenvalue weighted by Gasteiger charge is 2.41. The molecule has 6 nitrogen and oxygen atoms in total. The molecule has 2 bridgehead atoms. The average molecular weight is 299 g/mol. The van der Waals surface area contributed by atoms with Gasteiger partial charge in [0, 0.05) is 37.1 Å². The molecule has 0 aliphatic carbocycles. The van der Waals surface area contributed by atoms with Crippen LogP contribution in [0.1, 0.15) is 30.0 Å². The van der Waals surface area contributed by atoms with Crippen LogP contribution in [0.25, 0.3) is 0 Å². The molecular weight excluding hydrogens is 278 g/mol. The lowest BCUT2D eigenvalue weighted by atomic mass is 9.74. The molecule has 116 valence electrons. The van der Waals surface area contributed by atoms with E-state index in [0.717, 1.165) is 30.8 Å². The van der Waals surface area contributed by atoms with Gasteiger partial charge in [0.05, 0.1) is 18.8 Å². The maximum atomic E-state index is 9.46. The van der Waals surface area contributed by atoms with Gasteiger partial charge in [-0.25, -0.2) is 4.68 Å². The maximum Gasteiger partial charge on any atom is 0.0873 e. The Kier molecular flexibility index (Phi) is 3.63. The highest BCUT2D eigenvalue weighted by atomic mass is 16.3. The molecule has 5 rings (SSSR count). The summed E-state index contributed by atoms with van der Waals surface area (Å²) in [5.41, 5.74) is 2.23. The number of nitrogens with zero attached hydrogens (tertiary/aromatic N) is 5. The van der Waals surface area contributed by atoms with Crippen molar-refractivity contribution in [3.63, 3.8) is 0 Å². The van der Waals surface area contributed by atoms with Crippen LogP contribution in [-0.2, 0) is 6.54 Å². The van der Waals surface area contributed by atoms with E-state index in [2.05, 4.69) is 32.5 Å². The van der Waals surface area contributed by atoms with Crippen LogP contribution in [0.5, 0.6) is 0 Å². The fourth-order valence-electron chi connectivity index (χ4n) is 3.90. The molecule has 3 aliphatic heterocycles. The number of aliphatic hydroxyl groups excluding tert-OH is 1. The Morgan fingerprint density at radius 3 is 3.05 bits per heavy atom. The second-order valence-electron chi connectivity index (χ2n) is 6.42. The van der Waals surface area contributed by atoms with E-state index in [1.165, 1.54) is 6.42 Å². The fraction of sp³-hybridized carbons (Fsp3) is 0.562. The summed E-state index contributed by atoms with van der Waals surface area (Å²) in [5.74, 6) is 1.09. The van der Waals surface area contributed by atoms with Crippen molar-refractivity contribution in [3.8, 4) is 0 Å². The second-order valence-corrected chi connectivity index (χ2v) is 6.42. The lowest BCUT2D eigenvalue weighted by molar-refractivity contribution is 0.00184. The lowest BCUT2D eigenvalue weighted by Crippen LogP contribution is -2.53. The molecule has 1 unspecified atom stereocenters. The van der Waals surface area contributed by atoms with E-state index < -0.39 is 0 Å². The van der Waals surface area contributed by atoms with Crippen LogP contribution in [0.2, 0.25) is 0 Å². The largest absolute Gasteiger partial charge is 0.395 e. The van der Waals surface area contributed by atoms with Crippen LogP contribution >= 0.6 is 0 Å². The quantitative estimate of drug-likeness (QED) is 0.908. The molecule has 6 heteroatoms. The van der Waals surface area contributed by atoms with Gasteiger partial charge in [-0.15, -0.1) is 5.10 Å². The molecule has 3 saturated heterocycles. The summed E-state index contributed by atoms with van der Waals surface area (Å²) >= 11 is 0. The zero-order valence-electron chi connectivity index (χ0n) is 12.5. The van der Waals surface area contributed by atoms with Crippen molar-refractivity contribution >= 4 is 0 Å². The monoisotopic (exact) mass is 299 g/mol. The standard InChI is InChI=1S/C16H21N5O/c22-11-14-6-13-3-5-20(14)9-15(13)16-10-21(19-18-16)8-12-2-1-4-17-7-12/h1-2,4,7,10,13-15,22H,3,5-6,8-9,11H2/t13-,14+,15-/m0/s1. The van der Waals surface area contributed by atoms with Gasteiger partial charge in [0.25, 0.3) is 0 Å². The number of rotatable bonds is 4. The summed E-state index contributed by atoms with van der Waals surface area (Å²) in [5, 5.41) is 18.1. The summed E-state index contributed by atoms with van der Waals surface area (Å²) in [6.07, 6.45) is 8.00. The van der Waals surface area contributed by atoms with Gasteiger partial charge >= 0.3 is 0 Å². The number of pyridine rings is 1. The van der Waals surface area contributed by atoms with E-state index in [1.807, 2.05) is 16.9 Å². The molecule has 5 heterocycles. The highest BCUT2D eigenvalue weighted by molar-refractivity contribution is 5.13. The van der Waals surface area contributed by atoms with Gasteiger partial charge in [-0.3, -0.25) is 9.88 Å². The van der Waals surface area contributed by atoms with Crippen molar-refractivity contribution in [1.29, 1.82) is 0 Å². The highest BCUT2D eigenvalue weighted by Crippen LogP contribution is 2.40. The van der Waals surface area contributed by atoms with E-state index >= 15 is 0 Å². The Morgan fingerprint density at radius 1 is 1.36 bits per heavy atom. The van der Waals surface area contributed by atoms with Crippen molar-refractivity contribution in [2.45, 2.75) is 31.3 Å². The molecule has 0 amide bonds. The third-order valence-electron chi connectivity index (χ3n) is 5.09. The summed E-state index contributed by atoms with van der Waals surface area (Å²) in [7, 11) is 0. The van der Waals surface area contributed by atoms with Gasteiger partial charge in [0.15, 0.2) is 0 Å². The van der Waals surface area contributed by atoms with Crippen molar-refractivity contribution < 1.29 is 5.11 Å². The number of hydrogen-bond acceptors (Lipinski definition) is 5. The predicted molar refractivity (Wildman–Crippen MR) is 81.3 cm³/mol. The smallest absolute Gasteiger partial charge is 0.0873 e. The number of aliphatic hydroxyl groups is 1. The molecule has 0 saturated carbocycles. The maximum absolute atomic E-state index is 9.46. The van der Waals surface area contributed by atoms with Crippen molar-refractivity contribution in [3.05, 3.63) is 42.0 Å². The van der Waals surface area contributed by atoms with Crippen LogP contribution in [0.4, 0.5) is 0 Å². The molecule has 22 heavy (non-hydrogen) atoms. The van der Waals surface area contributed by atoms with E-state index in [-0.39, 0.29) is 6.61 Å². The molecule has 3 fully saturated rings. The zero-order valence-corrected chi connectivity index (χ0v) is 12.5. The first-order valence-electron chi connectivity index (χ1n) is 7.97. The second kappa shape index (κ2) is 5.78. The molecular formula is C16H21N5O.